The molecule has 2 heterocycles. The molecule has 1 aliphatic heterocycles. The fraction of sp³-hybridized carbons (Fsp3) is 0.0566. The smallest absolute Gasteiger partial charge is 0.0585 e. The van der Waals surface area contributed by atoms with Crippen LogP contribution in [0.4, 0.5) is 17.1 Å². The maximum absolute atomic E-state index is 4.50. The van der Waals surface area contributed by atoms with Crippen LogP contribution in [0.1, 0.15) is 25.0 Å². The van der Waals surface area contributed by atoms with Crippen molar-refractivity contribution < 1.29 is 0 Å². The van der Waals surface area contributed by atoms with Gasteiger partial charge in [0.05, 0.1) is 16.7 Å². The molecular weight excluding hydrogens is 665 g/mol. The van der Waals surface area contributed by atoms with Gasteiger partial charge >= 0.3 is 0 Å². The van der Waals surface area contributed by atoms with Gasteiger partial charge < -0.3 is 9.47 Å². The molecule has 0 aliphatic carbocycles. The van der Waals surface area contributed by atoms with E-state index in [-0.39, 0.29) is 5.41 Å². The van der Waals surface area contributed by atoms with Crippen LogP contribution in [0.25, 0.3) is 60.9 Å². The molecule has 0 fully saturated rings. The molecule has 2 heteroatoms. The molecule has 0 spiro atoms. The summed E-state index contributed by atoms with van der Waals surface area (Å²) in [5, 5.41) is 2.54. The van der Waals surface area contributed by atoms with Gasteiger partial charge in [-0.3, -0.25) is 0 Å². The largest absolute Gasteiger partial charge is 0.311 e. The first kappa shape index (κ1) is 32.7. The zero-order valence-corrected chi connectivity index (χ0v) is 31.1. The summed E-state index contributed by atoms with van der Waals surface area (Å²) >= 11 is 0. The first-order chi connectivity index (χ1) is 27.0. The Morgan fingerprint density at radius 3 is 1.45 bits per heavy atom. The summed E-state index contributed by atoms with van der Waals surface area (Å²) in [7, 11) is 0. The van der Waals surface area contributed by atoms with Crippen molar-refractivity contribution in [3.05, 3.63) is 217 Å². The van der Waals surface area contributed by atoms with Gasteiger partial charge in [-0.15, -0.1) is 0 Å². The van der Waals surface area contributed by atoms with Gasteiger partial charge in [-0.05, 0) is 113 Å². The fourth-order valence-corrected chi connectivity index (χ4v) is 8.72. The number of aromatic nitrogens is 1. The van der Waals surface area contributed by atoms with E-state index in [4.69, 9.17) is 0 Å². The molecule has 0 saturated heterocycles. The minimum atomic E-state index is -0.269. The number of fused-ring (bicyclic) bond motifs is 5. The van der Waals surface area contributed by atoms with Crippen LogP contribution in [0.3, 0.4) is 0 Å². The maximum Gasteiger partial charge on any atom is 0.0585 e. The lowest BCUT2D eigenvalue weighted by atomic mass is 9.69. The van der Waals surface area contributed by atoms with Crippen LogP contribution < -0.4 is 4.90 Å². The first-order valence-corrected chi connectivity index (χ1v) is 19.0. The van der Waals surface area contributed by atoms with E-state index < -0.39 is 0 Å². The molecule has 55 heavy (non-hydrogen) atoms. The van der Waals surface area contributed by atoms with Crippen molar-refractivity contribution in [1.82, 2.24) is 4.57 Å². The lowest BCUT2D eigenvalue weighted by Crippen LogP contribution is -2.30. The van der Waals surface area contributed by atoms with E-state index >= 15 is 0 Å². The molecule has 2 nitrogen and oxygen atoms in total. The van der Waals surface area contributed by atoms with E-state index in [0.717, 1.165) is 22.6 Å². The van der Waals surface area contributed by atoms with Crippen LogP contribution in [0.5, 0.6) is 0 Å². The molecule has 1 aromatic heterocycles. The molecule has 1 aliphatic rings. The van der Waals surface area contributed by atoms with Crippen molar-refractivity contribution in [3.8, 4) is 39.1 Å². The van der Waals surface area contributed by atoms with Crippen molar-refractivity contribution in [3.63, 3.8) is 0 Å². The molecule has 0 saturated carbocycles. The Labute approximate surface area is 322 Å². The Balaban J connectivity index is 1.06. The molecule has 262 valence electrons. The number of allylic oxidation sites excluding steroid dienone is 1. The summed E-state index contributed by atoms with van der Waals surface area (Å²) in [6, 6.07) is 70.5. The Morgan fingerprint density at radius 2 is 0.909 bits per heavy atom. The number of hydrogen-bond donors (Lipinski definition) is 0. The van der Waals surface area contributed by atoms with Gasteiger partial charge in [0, 0.05) is 33.2 Å². The average Bonchev–Trinajstić information content (AvgIpc) is 3.58. The van der Waals surface area contributed by atoms with Crippen molar-refractivity contribution in [2.24, 2.45) is 0 Å². The SMILES string of the molecule is C=C(C)C1(C)c2ccccc2-n2c3ccc(-c4ccc(N(c5ccc(-c6ccccc6)cc5)c5ccc(-c6ccccc6)cc5)cc4)cc3c3cccc1c32. The number of anilines is 3. The number of hydrogen-bond acceptors (Lipinski definition) is 1. The molecule has 0 N–H and O–H groups in total. The fourth-order valence-electron chi connectivity index (χ4n) is 8.72. The van der Waals surface area contributed by atoms with Gasteiger partial charge in [0.15, 0.2) is 0 Å². The molecule has 0 amide bonds. The molecular formula is C53H40N2. The maximum atomic E-state index is 4.50. The summed E-state index contributed by atoms with van der Waals surface area (Å²) in [6.07, 6.45) is 0. The van der Waals surface area contributed by atoms with E-state index in [1.807, 2.05) is 0 Å². The van der Waals surface area contributed by atoms with Crippen LogP contribution in [0.15, 0.2) is 206 Å². The summed E-state index contributed by atoms with van der Waals surface area (Å²) in [5.74, 6) is 0. The molecule has 1 atom stereocenters. The molecule has 8 aromatic carbocycles. The predicted molar refractivity (Wildman–Crippen MR) is 233 cm³/mol. The van der Waals surface area contributed by atoms with E-state index in [1.54, 1.807) is 0 Å². The van der Waals surface area contributed by atoms with Gasteiger partial charge in [-0.2, -0.15) is 0 Å². The second-order valence-corrected chi connectivity index (χ2v) is 14.9. The van der Waals surface area contributed by atoms with E-state index in [0.29, 0.717) is 0 Å². The highest BCUT2D eigenvalue weighted by Crippen LogP contribution is 2.50. The zero-order valence-electron chi connectivity index (χ0n) is 31.1. The third-order valence-corrected chi connectivity index (χ3v) is 11.8. The van der Waals surface area contributed by atoms with Gasteiger partial charge in [0.2, 0.25) is 0 Å². The van der Waals surface area contributed by atoms with Gasteiger partial charge in [0.25, 0.3) is 0 Å². The van der Waals surface area contributed by atoms with Crippen LogP contribution in [0, 0.1) is 0 Å². The zero-order chi connectivity index (χ0) is 37.1. The Kier molecular flexibility index (Phi) is 7.67. The van der Waals surface area contributed by atoms with E-state index in [9.17, 15) is 0 Å². The minimum Gasteiger partial charge on any atom is -0.311 e. The Morgan fingerprint density at radius 1 is 0.455 bits per heavy atom. The second kappa shape index (κ2) is 12.9. The highest BCUT2D eigenvalue weighted by atomic mass is 15.1. The van der Waals surface area contributed by atoms with Crippen LogP contribution >= 0.6 is 0 Å². The van der Waals surface area contributed by atoms with E-state index in [2.05, 4.69) is 224 Å². The number of rotatable bonds is 7. The van der Waals surface area contributed by atoms with Crippen LogP contribution in [0.2, 0.25) is 0 Å². The van der Waals surface area contributed by atoms with Crippen molar-refractivity contribution in [2.75, 3.05) is 4.90 Å². The number of benzene rings is 8. The lowest BCUT2D eigenvalue weighted by molar-refractivity contribution is 0.664. The molecule has 9 aromatic rings. The highest BCUT2D eigenvalue weighted by molar-refractivity contribution is 6.13. The summed E-state index contributed by atoms with van der Waals surface area (Å²) < 4.78 is 2.47. The van der Waals surface area contributed by atoms with Gasteiger partial charge in [-0.25, -0.2) is 0 Å². The predicted octanol–water partition coefficient (Wildman–Crippen LogP) is 14.4. The summed E-state index contributed by atoms with van der Waals surface area (Å²) in [4.78, 5) is 2.34. The van der Waals surface area contributed by atoms with Crippen molar-refractivity contribution in [1.29, 1.82) is 0 Å². The van der Waals surface area contributed by atoms with Gasteiger partial charge in [0.1, 0.15) is 0 Å². The van der Waals surface area contributed by atoms with E-state index in [1.165, 1.54) is 72.0 Å². The van der Waals surface area contributed by atoms with Crippen LogP contribution in [-0.2, 0) is 5.41 Å². The number of nitrogens with zero attached hydrogens (tertiary/aromatic N) is 2. The third kappa shape index (κ3) is 5.25. The van der Waals surface area contributed by atoms with Crippen LogP contribution in [-0.4, -0.2) is 4.57 Å². The summed E-state index contributed by atoms with van der Waals surface area (Å²) in [6.45, 7) is 8.99. The monoisotopic (exact) mass is 704 g/mol. The average molecular weight is 705 g/mol. The molecule has 0 radical (unpaired) electrons. The molecule has 10 rings (SSSR count). The molecule has 0 bridgehead atoms. The summed E-state index contributed by atoms with van der Waals surface area (Å²) in [5.41, 5.74) is 17.8. The normalized spacial score (nSPS) is 14.5. The standard InChI is InChI=1S/C53H40N2/c1-36(2)53(3)48-18-10-11-20-51(48)55-50-34-27-42(35-47(50)46-17-12-19-49(53)52(46)55)41-25-32-45(33-26-41)54(43-28-21-39(22-29-43)37-13-6-4-7-14-37)44-30-23-40(24-31-44)38-15-8-5-9-16-38/h4-35H,1H2,2-3H3. The van der Waals surface area contributed by atoms with Crippen molar-refractivity contribution in [2.45, 2.75) is 19.3 Å². The Bertz CT molecular complexity index is 2780. The minimum absolute atomic E-state index is 0.269. The Hall–Kier alpha value is -6.90. The third-order valence-electron chi connectivity index (χ3n) is 11.8. The lowest BCUT2D eigenvalue weighted by Gasteiger charge is -2.38. The number of para-hydroxylation sites is 2. The topological polar surface area (TPSA) is 8.17 Å². The molecule has 1 unspecified atom stereocenters. The van der Waals surface area contributed by atoms with Crippen molar-refractivity contribution >= 4 is 38.9 Å². The first-order valence-electron chi connectivity index (χ1n) is 19.0. The second-order valence-electron chi connectivity index (χ2n) is 14.9. The van der Waals surface area contributed by atoms with Gasteiger partial charge in [-0.1, -0.05) is 152 Å². The quantitative estimate of drug-likeness (QED) is 0.150. The highest BCUT2D eigenvalue weighted by Gasteiger charge is 2.39.